The van der Waals surface area contributed by atoms with E-state index in [2.05, 4.69) is 51.9 Å². The number of pyridine rings is 1. The number of carbonyl (C=O) groups is 4. The number of aromatic nitrogens is 2. The summed E-state index contributed by atoms with van der Waals surface area (Å²) in [6.07, 6.45) is 2.93. The third kappa shape index (κ3) is 11.3. The summed E-state index contributed by atoms with van der Waals surface area (Å²) in [5, 5.41) is 4.88. The van der Waals surface area contributed by atoms with Gasteiger partial charge < -0.3 is 33.7 Å². The van der Waals surface area contributed by atoms with E-state index in [1.54, 1.807) is 33.9 Å². The number of ether oxygens (including phenoxy) is 4. The van der Waals surface area contributed by atoms with Gasteiger partial charge in [0.05, 0.1) is 43.1 Å². The van der Waals surface area contributed by atoms with Crippen LogP contribution in [0.25, 0.3) is 33.3 Å². The number of hydrogen-bond donors (Lipinski definition) is 2. The number of halogens is 2. The van der Waals surface area contributed by atoms with Crippen molar-refractivity contribution in [3.05, 3.63) is 71.0 Å². The number of aryl methyl sites for hydroxylation is 1. The van der Waals surface area contributed by atoms with Crippen LogP contribution in [0.15, 0.2) is 48.7 Å². The van der Waals surface area contributed by atoms with Gasteiger partial charge in [0, 0.05) is 86.2 Å². The first-order valence-electron chi connectivity index (χ1n) is 25.5. The molecule has 1 aliphatic carbocycles. The predicted molar refractivity (Wildman–Crippen MR) is 271 cm³/mol. The second-order valence-electron chi connectivity index (χ2n) is 22.0. The number of fused-ring (bicyclic) bond motifs is 1. The van der Waals surface area contributed by atoms with Crippen LogP contribution in [-0.2, 0) is 52.7 Å². The molecule has 5 atom stereocenters. The number of anilines is 1. The van der Waals surface area contributed by atoms with Crippen LogP contribution in [0.3, 0.4) is 0 Å². The SMILES string of the molecule is CCn1c(-c2cc(N3CCN4CCC[C@@H]5CC54C3)cnc2[C@H](C)OC)c(CC(C)(C)COC(C)=O)c2cc(-c3cc(C[C@H](NC(=O)OC(C)(C)C)C(=O)N4CCC[C@@H](C(=O)OC)N4)cc(C(F)F)c3)ccc21. The molecule has 17 heteroatoms. The highest BCUT2D eigenvalue weighted by Gasteiger charge is 2.61. The minimum absolute atomic E-state index is 0.165. The number of carbonyl (C=O) groups excluding carboxylic acids is 4. The number of esters is 2. The number of benzene rings is 2. The maximum Gasteiger partial charge on any atom is 0.408 e. The first kappa shape index (κ1) is 52.7. The molecule has 2 aromatic carbocycles. The van der Waals surface area contributed by atoms with E-state index in [1.165, 1.54) is 50.4 Å². The van der Waals surface area contributed by atoms with E-state index in [0.717, 1.165) is 71.2 Å². The number of methoxy groups -OCH3 is 2. The fraction of sp³-hybridized carbons (Fsp3) is 0.582. The molecule has 8 rings (SSSR count). The van der Waals surface area contributed by atoms with E-state index in [4.69, 9.17) is 23.9 Å². The van der Waals surface area contributed by atoms with Gasteiger partial charge in [0.15, 0.2) is 0 Å². The van der Waals surface area contributed by atoms with E-state index in [9.17, 15) is 19.2 Å². The number of piperidine rings is 1. The van der Waals surface area contributed by atoms with Gasteiger partial charge in [0.1, 0.15) is 17.7 Å². The van der Waals surface area contributed by atoms with Gasteiger partial charge >= 0.3 is 18.0 Å². The highest BCUT2D eigenvalue weighted by molar-refractivity contribution is 5.96. The summed E-state index contributed by atoms with van der Waals surface area (Å²) < 4.78 is 54.5. The number of rotatable bonds is 16. The lowest BCUT2D eigenvalue weighted by atomic mass is 9.84. The fourth-order valence-electron chi connectivity index (χ4n) is 11.3. The number of hydrazine groups is 1. The van der Waals surface area contributed by atoms with Crippen LogP contribution in [-0.4, -0.2) is 120 Å². The molecule has 5 heterocycles. The van der Waals surface area contributed by atoms with Crippen molar-refractivity contribution in [3.8, 4) is 22.4 Å². The molecule has 390 valence electrons. The summed E-state index contributed by atoms with van der Waals surface area (Å²) in [5.41, 5.74) is 8.66. The molecule has 4 aromatic rings. The standard InChI is InChI=1S/C55H73F2N7O8/c1-11-63-46-17-16-36(37-22-35(23-38(25-37)49(56)57)24-45(59-52(68)72-53(4,5)6)50(66)64-19-13-15-44(60-64)51(67)70-10)26-41(46)43(29-54(7,8)32-71-34(3)65)48(63)42-27-40(30-58-47(42)33(2)69-9)61-20-21-62-18-12-14-39-28-55(39,62)31-61/h16-17,22-23,25-27,30,33,39,44-45,49,60H,11-15,18-21,24,28-29,31-32H2,1-10H3,(H,59,68)/t33-,39+,44-,45-,55?/m0/s1. The zero-order chi connectivity index (χ0) is 51.9. The van der Waals surface area contributed by atoms with Crippen molar-refractivity contribution in [2.24, 2.45) is 11.3 Å². The molecule has 0 radical (unpaired) electrons. The lowest BCUT2D eigenvalue weighted by Gasteiger charge is -2.46. The smallest absolute Gasteiger partial charge is 0.408 e. The summed E-state index contributed by atoms with van der Waals surface area (Å²) in [6, 6.07) is 10.8. The van der Waals surface area contributed by atoms with Gasteiger partial charge in [-0.3, -0.25) is 29.3 Å². The summed E-state index contributed by atoms with van der Waals surface area (Å²) in [6.45, 7) is 19.8. The Labute approximate surface area is 422 Å². The Hall–Kier alpha value is -5.65. The molecule has 15 nitrogen and oxygen atoms in total. The lowest BCUT2D eigenvalue weighted by Crippen LogP contribution is -2.60. The van der Waals surface area contributed by atoms with Crippen molar-refractivity contribution in [1.82, 2.24) is 30.2 Å². The Bertz CT molecular complexity index is 2680. The van der Waals surface area contributed by atoms with Crippen molar-refractivity contribution in [3.63, 3.8) is 0 Å². The minimum Gasteiger partial charge on any atom is -0.468 e. The third-order valence-corrected chi connectivity index (χ3v) is 15.0. The molecule has 1 saturated carbocycles. The van der Waals surface area contributed by atoms with Crippen LogP contribution in [0.4, 0.5) is 19.3 Å². The number of piperazine rings is 1. The average Bonchev–Trinajstić information content (AvgIpc) is 3.99. The number of alkyl carbamates (subject to hydrolysis) is 1. The van der Waals surface area contributed by atoms with Gasteiger partial charge in [0.25, 0.3) is 12.3 Å². The summed E-state index contributed by atoms with van der Waals surface area (Å²) in [4.78, 5) is 62.7. The van der Waals surface area contributed by atoms with Crippen molar-refractivity contribution < 1.29 is 46.9 Å². The quantitative estimate of drug-likeness (QED) is 0.0813. The Morgan fingerprint density at radius 3 is 2.42 bits per heavy atom. The van der Waals surface area contributed by atoms with Gasteiger partial charge in [0.2, 0.25) is 0 Å². The Morgan fingerprint density at radius 2 is 1.72 bits per heavy atom. The molecule has 3 aliphatic heterocycles. The highest BCUT2D eigenvalue weighted by atomic mass is 19.3. The van der Waals surface area contributed by atoms with Crippen LogP contribution in [0.2, 0.25) is 0 Å². The molecule has 1 spiro atoms. The van der Waals surface area contributed by atoms with Crippen LogP contribution >= 0.6 is 0 Å². The van der Waals surface area contributed by atoms with E-state index in [1.807, 2.05) is 31.3 Å². The van der Waals surface area contributed by atoms with E-state index in [0.29, 0.717) is 42.5 Å². The second kappa shape index (κ2) is 21.1. The third-order valence-electron chi connectivity index (χ3n) is 15.0. The van der Waals surface area contributed by atoms with Gasteiger partial charge in [-0.2, -0.15) is 0 Å². The molecular formula is C55H73F2N7O8. The fourth-order valence-corrected chi connectivity index (χ4v) is 11.3. The van der Waals surface area contributed by atoms with Crippen LogP contribution in [0, 0.1) is 11.3 Å². The molecule has 2 aromatic heterocycles. The van der Waals surface area contributed by atoms with Gasteiger partial charge in [-0.15, -0.1) is 0 Å². The molecule has 3 saturated heterocycles. The van der Waals surface area contributed by atoms with E-state index < -0.39 is 47.5 Å². The van der Waals surface area contributed by atoms with Crippen LogP contribution in [0.1, 0.15) is 122 Å². The molecule has 0 bridgehead atoms. The Balaban J connectivity index is 1.24. The van der Waals surface area contributed by atoms with Crippen molar-refractivity contribution in [1.29, 1.82) is 0 Å². The molecule has 1 unspecified atom stereocenters. The summed E-state index contributed by atoms with van der Waals surface area (Å²) in [7, 11) is 2.95. The number of hydrogen-bond acceptors (Lipinski definition) is 12. The Kier molecular flexibility index (Phi) is 15.4. The van der Waals surface area contributed by atoms with Crippen LogP contribution < -0.4 is 15.6 Å². The van der Waals surface area contributed by atoms with Gasteiger partial charge in [-0.25, -0.2) is 19.0 Å². The monoisotopic (exact) mass is 998 g/mol. The first-order chi connectivity index (χ1) is 34.1. The summed E-state index contributed by atoms with van der Waals surface area (Å²) in [5.74, 6) is -0.746. The zero-order valence-electron chi connectivity index (χ0n) is 43.7. The lowest BCUT2D eigenvalue weighted by molar-refractivity contribution is -0.150. The van der Waals surface area contributed by atoms with Crippen molar-refractivity contribution in [2.75, 3.05) is 58.5 Å². The van der Waals surface area contributed by atoms with Crippen molar-refractivity contribution in [2.45, 2.75) is 143 Å². The average molecular weight is 998 g/mol. The van der Waals surface area contributed by atoms with E-state index >= 15 is 8.78 Å². The molecule has 4 fully saturated rings. The maximum atomic E-state index is 15.0. The molecule has 72 heavy (non-hydrogen) atoms. The molecule has 2 N–H and O–H groups in total. The Morgan fingerprint density at radius 1 is 0.958 bits per heavy atom. The second-order valence-corrected chi connectivity index (χ2v) is 22.0. The first-order valence-corrected chi connectivity index (χ1v) is 25.5. The van der Waals surface area contributed by atoms with Crippen molar-refractivity contribution >= 4 is 40.5 Å². The number of amides is 2. The molecular weight excluding hydrogens is 925 g/mol. The summed E-state index contributed by atoms with van der Waals surface area (Å²) >= 11 is 0. The number of alkyl halides is 2. The van der Waals surface area contributed by atoms with Crippen LogP contribution in [0.5, 0.6) is 0 Å². The largest absolute Gasteiger partial charge is 0.468 e. The van der Waals surface area contributed by atoms with E-state index in [-0.39, 0.29) is 42.7 Å². The van der Waals surface area contributed by atoms with Gasteiger partial charge in [-0.1, -0.05) is 32.0 Å². The minimum atomic E-state index is -2.86. The maximum absolute atomic E-state index is 15.0. The predicted octanol–water partition coefficient (Wildman–Crippen LogP) is 8.95. The highest BCUT2D eigenvalue weighted by Crippen LogP contribution is 2.56. The number of nitrogens with one attached hydrogen (secondary N) is 2. The topological polar surface area (TPSA) is 157 Å². The number of nitrogens with zero attached hydrogens (tertiary/aromatic N) is 5. The molecule has 4 aliphatic rings. The normalized spacial score (nSPS) is 21.2. The zero-order valence-corrected chi connectivity index (χ0v) is 43.7. The molecule has 2 amide bonds. The van der Waals surface area contributed by atoms with Gasteiger partial charge in [-0.05, 0) is 132 Å².